The van der Waals surface area contributed by atoms with Gasteiger partial charge in [0, 0.05) is 18.0 Å². The van der Waals surface area contributed by atoms with Crippen molar-refractivity contribution in [1.29, 1.82) is 0 Å². The van der Waals surface area contributed by atoms with Crippen LogP contribution in [0.4, 0.5) is 17.6 Å². The van der Waals surface area contributed by atoms with Crippen LogP contribution in [0.5, 0.6) is 5.75 Å². The Bertz CT molecular complexity index is 1230. The molecule has 0 aliphatic carbocycles. The highest BCUT2D eigenvalue weighted by molar-refractivity contribution is 7.88. The third-order valence-corrected chi connectivity index (χ3v) is 5.40. The van der Waals surface area contributed by atoms with Crippen LogP contribution in [0.1, 0.15) is 29.3 Å². The molecule has 0 spiro atoms. The van der Waals surface area contributed by atoms with Crippen LogP contribution < -0.4 is 9.50 Å². The fourth-order valence-corrected chi connectivity index (χ4v) is 3.51. The van der Waals surface area contributed by atoms with Crippen LogP contribution in [0.15, 0.2) is 40.8 Å². The lowest BCUT2D eigenvalue weighted by molar-refractivity contribution is -0.0500. The summed E-state index contributed by atoms with van der Waals surface area (Å²) in [7, 11) is -4.58. The normalized spacial score (nSPS) is 12.2. The number of benzene rings is 2. The molecule has 3 aromatic rings. The fraction of sp³-hybridized carbons (Fsp3) is 0.250. The van der Waals surface area contributed by atoms with E-state index in [2.05, 4.69) is 9.50 Å². The van der Waals surface area contributed by atoms with Crippen LogP contribution in [0, 0.1) is 5.82 Å². The van der Waals surface area contributed by atoms with Crippen LogP contribution in [0.2, 0.25) is 0 Å². The van der Waals surface area contributed by atoms with E-state index in [1.165, 1.54) is 25.2 Å². The zero-order valence-corrected chi connectivity index (χ0v) is 17.2. The average molecular weight is 459 g/mol. The van der Waals surface area contributed by atoms with Gasteiger partial charge in [0.15, 0.2) is 0 Å². The van der Waals surface area contributed by atoms with Gasteiger partial charge in [0.1, 0.15) is 22.9 Å². The van der Waals surface area contributed by atoms with Crippen LogP contribution in [-0.2, 0) is 16.5 Å². The number of alkyl halides is 3. The van der Waals surface area contributed by atoms with E-state index in [0.717, 1.165) is 18.2 Å². The molecule has 3 rings (SSSR count). The minimum atomic E-state index is -5.92. The molecule has 2 aromatic carbocycles. The summed E-state index contributed by atoms with van der Waals surface area (Å²) in [5.41, 5.74) is -5.03. The molecule has 1 heterocycles. The van der Waals surface area contributed by atoms with E-state index < -0.39 is 33.1 Å². The predicted molar refractivity (Wildman–Crippen MR) is 105 cm³/mol. The highest BCUT2D eigenvalue weighted by Gasteiger charge is 2.48. The van der Waals surface area contributed by atoms with E-state index in [0.29, 0.717) is 12.0 Å². The van der Waals surface area contributed by atoms with Crippen molar-refractivity contribution >= 4 is 27.0 Å². The molecule has 1 amide bonds. The second-order valence-corrected chi connectivity index (χ2v) is 8.12. The van der Waals surface area contributed by atoms with E-state index in [4.69, 9.17) is 4.42 Å². The largest absolute Gasteiger partial charge is 0.534 e. The molecule has 6 nitrogen and oxygen atoms in total. The fourth-order valence-electron chi connectivity index (χ4n) is 3.03. The van der Waals surface area contributed by atoms with E-state index in [9.17, 15) is 30.8 Å². The highest BCUT2D eigenvalue weighted by atomic mass is 32.2. The Hall–Kier alpha value is -3.08. The summed E-state index contributed by atoms with van der Waals surface area (Å²) in [6, 6.07) is 7.42. The lowest BCUT2D eigenvalue weighted by Crippen LogP contribution is -2.28. The molecule has 0 unspecified atom stereocenters. The molecule has 166 valence electrons. The van der Waals surface area contributed by atoms with Crippen LogP contribution in [0.25, 0.3) is 22.3 Å². The molecule has 0 aliphatic rings. The van der Waals surface area contributed by atoms with Crippen molar-refractivity contribution in [1.82, 2.24) is 5.32 Å². The summed E-state index contributed by atoms with van der Waals surface area (Å²) in [6.45, 7) is 1.74. The van der Waals surface area contributed by atoms with Gasteiger partial charge in [0.2, 0.25) is 0 Å². The first-order valence-corrected chi connectivity index (χ1v) is 10.5. The Balaban J connectivity index is 2.28. The average Bonchev–Trinajstić information content (AvgIpc) is 3.05. The first-order valence-electron chi connectivity index (χ1n) is 9.06. The Kier molecular flexibility index (Phi) is 5.99. The van der Waals surface area contributed by atoms with Crippen LogP contribution in [0.3, 0.4) is 0 Å². The van der Waals surface area contributed by atoms with Crippen molar-refractivity contribution in [3.8, 4) is 17.1 Å². The van der Waals surface area contributed by atoms with Crippen molar-refractivity contribution in [3.05, 3.63) is 53.3 Å². The van der Waals surface area contributed by atoms with Gasteiger partial charge in [0.05, 0.1) is 5.56 Å². The Morgan fingerprint density at radius 1 is 1.16 bits per heavy atom. The summed E-state index contributed by atoms with van der Waals surface area (Å²) in [5.74, 6) is -1.65. The number of carbonyl (C=O) groups excluding carboxylic acids is 1. The molecular weight excluding hydrogens is 442 g/mol. The van der Waals surface area contributed by atoms with Crippen molar-refractivity contribution in [2.24, 2.45) is 0 Å². The van der Waals surface area contributed by atoms with E-state index in [1.807, 2.05) is 0 Å². The van der Waals surface area contributed by atoms with E-state index in [1.54, 1.807) is 6.92 Å². The van der Waals surface area contributed by atoms with Gasteiger partial charge in [-0.2, -0.15) is 21.6 Å². The Morgan fingerprint density at radius 2 is 1.81 bits per heavy atom. The summed E-state index contributed by atoms with van der Waals surface area (Å²) >= 11 is 0. The standard InChI is InChI=1S/C20H17F4NO5S/c1-3-4-12-9-16-14(10-15(12)30-31(27,28)20(22,23)24)17(19(26)25-2)18(29-16)11-5-7-13(21)8-6-11/h5-10H,3-4H2,1-2H3,(H,25,26). The maximum atomic E-state index is 13.3. The SMILES string of the molecule is CCCc1cc2oc(-c3ccc(F)cc3)c(C(=O)NC)c2cc1OS(=O)(=O)C(F)(F)F. The number of nitrogens with one attached hydrogen (secondary N) is 1. The summed E-state index contributed by atoms with van der Waals surface area (Å²) in [6.07, 6.45) is 0.669. The molecule has 0 bridgehead atoms. The maximum absolute atomic E-state index is 13.3. The summed E-state index contributed by atoms with van der Waals surface area (Å²) in [5, 5.41) is 2.45. The zero-order valence-electron chi connectivity index (χ0n) is 16.3. The lowest BCUT2D eigenvalue weighted by Gasteiger charge is -2.13. The Morgan fingerprint density at radius 3 is 2.35 bits per heavy atom. The van der Waals surface area contributed by atoms with Gasteiger partial charge in [-0.05, 0) is 48.4 Å². The van der Waals surface area contributed by atoms with Gasteiger partial charge in [-0.25, -0.2) is 4.39 Å². The van der Waals surface area contributed by atoms with Crippen molar-refractivity contribution in [2.75, 3.05) is 7.05 Å². The Labute approximate surface area is 174 Å². The van der Waals surface area contributed by atoms with Gasteiger partial charge in [-0.3, -0.25) is 4.79 Å². The monoisotopic (exact) mass is 459 g/mol. The van der Waals surface area contributed by atoms with Gasteiger partial charge in [-0.1, -0.05) is 13.3 Å². The van der Waals surface area contributed by atoms with Crippen molar-refractivity contribution in [3.63, 3.8) is 0 Å². The molecule has 11 heteroatoms. The van der Waals surface area contributed by atoms with Crippen LogP contribution in [-0.4, -0.2) is 26.9 Å². The number of fused-ring (bicyclic) bond motifs is 1. The predicted octanol–water partition coefficient (Wildman–Crippen LogP) is 4.78. The van der Waals surface area contributed by atoms with E-state index in [-0.39, 0.29) is 34.3 Å². The highest BCUT2D eigenvalue weighted by Crippen LogP contribution is 2.39. The molecule has 0 radical (unpaired) electrons. The number of aryl methyl sites for hydroxylation is 1. The van der Waals surface area contributed by atoms with Gasteiger partial charge in [0.25, 0.3) is 5.91 Å². The first-order chi connectivity index (χ1) is 14.5. The number of hydrogen-bond donors (Lipinski definition) is 1. The molecule has 0 aliphatic heterocycles. The molecule has 0 atom stereocenters. The number of carbonyl (C=O) groups is 1. The second kappa shape index (κ2) is 8.22. The molecule has 0 saturated heterocycles. The third-order valence-electron chi connectivity index (χ3n) is 4.43. The van der Waals surface area contributed by atoms with E-state index >= 15 is 0 Å². The number of furan rings is 1. The van der Waals surface area contributed by atoms with Crippen LogP contribution >= 0.6 is 0 Å². The topological polar surface area (TPSA) is 85.6 Å². The van der Waals surface area contributed by atoms with Gasteiger partial charge in [-0.15, -0.1) is 0 Å². The second-order valence-electron chi connectivity index (χ2n) is 6.58. The summed E-state index contributed by atoms with van der Waals surface area (Å²) in [4.78, 5) is 12.5. The molecule has 1 N–H and O–H groups in total. The maximum Gasteiger partial charge on any atom is 0.534 e. The van der Waals surface area contributed by atoms with Crippen molar-refractivity contribution in [2.45, 2.75) is 25.3 Å². The smallest absolute Gasteiger partial charge is 0.455 e. The quantitative estimate of drug-likeness (QED) is 0.326. The third kappa shape index (κ3) is 4.36. The number of amides is 1. The number of hydrogen-bond acceptors (Lipinski definition) is 5. The zero-order chi connectivity index (χ0) is 23.0. The van der Waals surface area contributed by atoms with Gasteiger partial charge < -0.3 is 13.9 Å². The first kappa shape index (κ1) is 22.6. The molecule has 0 saturated carbocycles. The number of rotatable bonds is 6. The number of halogens is 4. The molecule has 0 fully saturated rings. The minimum absolute atomic E-state index is 0.0471. The molecular formula is C20H17F4NO5S. The molecule has 1 aromatic heterocycles. The molecule has 31 heavy (non-hydrogen) atoms. The summed E-state index contributed by atoms with van der Waals surface area (Å²) < 4.78 is 85.1. The van der Waals surface area contributed by atoms with Gasteiger partial charge >= 0.3 is 15.6 Å². The van der Waals surface area contributed by atoms with Crippen molar-refractivity contribution < 1.29 is 39.4 Å². The lowest BCUT2D eigenvalue weighted by atomic mass is 10.0. The minimum Gasteiger partial charge on any atom is -0.455 e.